The SMILES string of the molecule is CC(=O)[O-].CCCCCCC(=O)NCc1ccc(O)c(OC)c1. The number of rotatable bonds is 8. The molecule has 23 heavy (non-hydrogen) atoms. The van der Waals surface area contributed by atoms with Gasteiger partial charge in [0.25, 0.3) is 0 Å². The zero-order valence-electron chi connectivity index (χ0n) is 14.1. The largest absolute Gasteiger partial charge is 0.550 e. The van der Waals surface area contributed by atoms with E-state index in [9.17, 15) is 9.90 Å². The summed E-state index contributed by atoms with van der Waals surface area (Å²) in [5.74, 6) is -0.477. The lowest BCUT2D eigenvalue weighted by Gasteiger charge is -2.08. The van der Waals surface area contributed by atoms with Crippen molar-refractivity contribution in [2.75, 3.05) is 7.11 Å². The van der Waals surface area contributed by atoms with Gasteiger partial charge in [-0.2, -0.15) is 0 Å². The lowest BCUT2D eigenvalue weighted by atomic mass is 10.1. The number of phenols is 1. The van der Waals surface area contributed by atoms with Gasteiger partial charge in [0.1, 0.15) is 0 Å². The normalized spacial score (nSPS) is 9.52. The molecular formula is C17H26NO5-. The van der Waals surface area contributed by atoms with Crippen LogP contribution in [-0.2, 0) is 16.1 Å². The summed E-state index contributed by atoms with van der Waals surface area (Å²) >= 11 is 0. The van der Waals surface area contributed by atoms with Gasteiger partial charge in [-0.1, -0.05) is 32.3 Å². The number of nitrogens with one attached hydrogen (secondary N) is 1. The van der Waals surface area contributed by atoms with Gasteiger partial charge in [-0.3, -0.25) is 4.79 Å². The Morgan fingerprint density at radius 3 is 2.48 bits per heavy atom. The molecule has 0 fully saturated rings. The lowest BCUT2D eigenvalue weighted by molar-refractivity contribution is -0.302. The van der Waals surface area contributed by atoms with E-state index < -0.39 is 5.97 Å². The highest BCUT2D eigenvalue weighted by Gasteiger charge is 2.04. The predicted molar refractivity (Wildman–Crippen MR) is 85.9 cm³/mol. The predicted octanol–water partition coefficient (Wildman–Crippen LogP) is 1.74. The average molecular weight is 324 g/mol. The first kappa shape index (κ1) is 20.8. The summed E-state index contributed by atoms with van der Waals surface area (Å²) in [6.07, 6.45) is 4.99. The summed E-state index contributed by atoms with van der Waals surface area (Å²) in [5, 5.41) is 21.2. The number of ether oxygens (including phenoxy) is 1. The van der Waals surface area contributed by atoms with Crippen molar-refractivity contribution in [2.24, 2.45) is 0 Å². The molecule has 0 saturated carbocycles. The Hall–Kier alpha value is -2.24. The Kier molecular flexibility index (Phi) is 11.1. The van der Waals surface area contributed by atoms with Crippen LogP contribution in [-0.4, -0.2) is 24.1 Å². The smallest absolute Gasteiger partial charge is 0.220 e. The fraction of sp³-hybridized carbons (Fsp3) is 0.529. The molecule has 0 aromatic heterocycles. The molecule has 0 aliphatic heterocycles. The van der Waals surface area contributed by atoms with Gasteiger partial charge in [0.2, 0.25) is 5.91 Å². The van der Waals surface area contributed by atoms with Gasteiger partial charge in [0, 0.05) is 18.9 Å². The number of carbonyl (C=O) groups excluding carboxylic acids is 2. The summed E-state index contributed by atoms with van der Waals surface area (Å²) in [7, 11) is 1.51. The topological polar surface area (TPSA) is 98.7 Å². The van der Waals surface area contributed by atoms with Crippen molar-refractivity contribution in [1.29, 1.82) is 0 Å². The number of aromatic hydroxyl groups is 1. The van der Waals surface area contributed by atoms with Gasteiger partial charge in [0.15, 0.2) is 11.5 Å². The second-order valence-corrected chi connectivity index (χ2v) is 5.09. The molecule has 0 unspecified atom stereocenters. The number of carboxylic acid groups (broad SMARTS) is 1. The Morgan fingerprint density at radius 1 is 1.26 bits per heavy atom. The molecule has 1 aromatic carbocycles. The molecule has 2 N–H and O–H groups in total. The van der Waals surface area contributed by atoms with Crippen LogP contribution in [0.25, 0.3) is 0 Å². The van der Waals surface area contributed by atoms with E-state index in [2.05, 4.69) is 12.2 Å². The molecule has 0 aliphatic carbocycles. The van der Waals surface area contributed by atoms with Crippen LogP contribution >= 0.6 is 0 Å². The van der Waals surface area contributed by atoms with Crippen LogP contribution in [0.3, 0.4) is 0 Å². The van der Waals surface area contributed by atoms with Gasteiger partial charge in [-0.05, 0) is 31.0 Å². The molecule has 0 heterocycles. The number of aliphatic carboxylic acids is 1. The molecular weight excluding hydrogens is 298 g/mol. The fourth-order valence-electron chi connectivity index (χ4n) is 1.83. The van der Waals surface area contributed by atoms with E-state index in [1.54, 1.807) is 18.2 Å². The first-order valence-electron chi connectivity index (χ1n) is 7.70. The number of carboxylic acids is 1. The van der Waals surface area contributed by atoms with E-state index in [1.807, 2.05) is 0 Å². The van der Waals surface area contributed by atoms with Crippen molar-refractivity contribution in [2.45, 2.75) is 52.5 Å². The van der Waals surface area contributed by atoms with Gasteiger partial charge in [0.05, 0.1) is 7.11 Å². The van der Waals surface area contributed by atoms with Crippen LogP contribution in [0.5, 0.6) is 11.5 Å². The Bertz CT molecular complexity index is 484. The zero-order chi connectivity index (χ0) is 17.7. The van der Waals surface area contributed by atoms with Crippen molar-refractivity contribution in [3.8, 4) is 11.5 Å². The summed E-state index contributed by atoms with van der Waals surface area (Å²) in [4.78, 5) is 20.5. The van der Waals surface area contributed by atoms with Crippen molar-refractivity contribution < 1.29 is 24.5 Å². The molecule has 0 atom stereocenters. The quantitative estimate of drug-likeness (QED) is 0.710. The third-order valence-corrected chi connectivity index (χ3v) is 2.99. The van der Waals surface area contributed by atoms with Crippen LogP contribution < -0.4 is 15.2 Å². The minimum atomic E-state index is -1.08. The van der Waals surface area contributed by atoms with Gasteiger partial charge < -0.3 is 25.1 Å². The molecule has 0 radical (unpaired) electrons. The van der Waals surface area contributed by atoms with Gasteiger partial charge in [-0.25, -0.2) is 0 Å². The molecule has 0 aliphatic rings. The maximum atomic E-state index is 11.6. The molecule has 130 valence electrons. The second-order valence-electron chi connectivity index (χ2n) is 5.09. The van der Waals surface area contributed by atoms with E-state index in [0.29, 0.717) is 18.7 Å². The van der Waals surface area contributed by atoms with E-state index >= 15 is 0 Å². The van der Waals surface area contributed by atoms with E-state index in [1.165, 1.54) is 20.0 Å². The average Bonchev–Trinajstić information content (AvgIpc) is 2.50. The van der Waals surface area contributed by atoms with Crippen LogP contribution in [0, 0.1) is 0 Å². The monoisotopic (exact) mass is 324 g/mol. The minimum absolute atomic E-state index is 0.0724. The highest BCUT2D eigenvalue weighted by molar-refractivity contribution is 5.75. The summed E-state index contributed by atoms with van der Waals surface area (Å²) < 4.78 is 5.02. The number of carbonyl (C=O) groups is 2. The maximum Gasteiger partial charge on any atom is 0.220 e. The molecule has 6 nitrogen and oxygen atoms in total. The van der Waals surface area contributed by atoms with Crippen molar-refractivity contribution in [3.05, 3.63) is 23.8 Å². The van der Waals surface area contributed by atoms with Crippen molar-refractivity contribution in [3.63, 3.8) is 0 Å². The maximum absolute atomic E-state index is 11.6. The fourth-order valence-corrected chi connectivity index (χ4v) is 1.83. The molecule has 0 bridgehead atoms. The number of hydrogen-bond acceptors (Lipinski definition) is 5. The van der Waals surface area contributed by atoms with Gasteiger partial charge >= 0.3 is 0 Å². The summed E-state index contributed by atoms with van der Waals surface area (Å²) in [6, 6.07) is 5.07. The Labute approximate surface area is 137 Å². The van der Waals surface area contributed by atoms with Crippen LogP contribution in [0.1, 0.15) is 51.5 Å². The van der Waals surface area contributed by atoms with Crippen molar-refractivity contribution in [1.82, 2.24) is 5.32 Å². The molecule has 1 aromatic rings. The molecule has 1 amide bonds. The number of amides is 1. The highest BCUT2D eigenvalue weighted by atomic mass is 16.5. The lowest BCUT2D eigenvalue weighted by Crippen LogP contribution is -2.22. The van der Waals surface area contributed by atoms with Gasteiger partial charge in [-0.15, -0.1) is 0 Å². The Balaban J connectivity index is 0.00000108. The minimum Gasteiger partial charge on any atom is -0.550 e. The first-order valence-corrected chi connectivity index (χ1v) is 7.70. The number of methoxy groups -OCH3 is 1. The standard InChI is InChI=1S/C15H23NO3.C2H4O2/c1-3-4-5-6-7-15(18)16-11-12-8-9-13(17)14(10-12)19-2;1-2(3)4/h8-10,17H,3-7,11H2,1-2H3,(H,16,18);1H3,(H,3,4)/p-1. The van der Waals surface area contributed by atoms with Crippen LogP contribution in [0.2, 0.25) is 0 Å². The number of unbranched alkanes of at least 4 members (excludes halogenated alkanes) is 3. The Morgan fingerprint density at radius 2 is 1.91 bits per heavy atom. The number of phenolic OH excluding ortho intramolecular Hbond substituents is 1. The van der Waals surface area contributed by atoms with Crippen molar-refractivity contribution >= 4 is 11.9 Å². The molecule has 6 heteroatoms. The number of benzene rings is 1. The van der Waals surface area contributed by atoms with Crippen LogP contribution in [0.15, 0.2) is 18.2 Å². The van der Waals surface area contributed by atoms with E-state index in [0.717, 1.165) is 25.3 Å². The summed E-state index contributed by atoms with van der Waals surface area (Å²) in [5.41, 5.74) is 0.913. The van der Waals surface area contributed by atoms with E-state index in [4.69, 9.17) is 14.6 Å². The second kappa shape index (κ2) is 12.3. The first-order chi connectivity index (χ1) is 10.9. The number of hydrogen-bond donors (Lipinski definition) is 2. The highest BCUT2D eigenvalue weighted by Crippen LogP contribution is 2.26. The third kappa shape index (κ3) is 11.0. The molecule has 1 rings (SSSR count). The third-order valence-electron chi connectivity index (χ3n) is 2.99. The van der Waals surface area contributed by atoms with E-state index in [-0.39, 0.29) is 11.7 Å². The summed E-state index contributed by atoms with van der Waals surface area (Å²) in [6.45, 7) is 3.58. The molecule has 0 saturated heterocycles. The van der Waals surface area contributed by atoms with Crippen LogP contribution in [0.4, 0.5) is 0 Å². The molecule has 0 spiro atoms. The zero-order valence-corrected chi connectivity index (χ0v) is 14.1.